The van der Waals surface area contributed by atoms with Crippen molar-refractivity contribution in [1.29, 1.82) is 0 Å². The third kappa shape index (κ3) is 3.90. The number of aromatic amines is 2. The topological polar surface area (TPSA) is 103 Å². The smallest absolute Gasteiger partial charge is 0.225 e. The number of fused-ring (bicyclic) bond motifs is 2. The minimum absolute atomic E-state index is 0.461. The maximum absolute atomic E-state index is 4.93. The van der Waals surface area contributed by atoms with Gasteiger partial charge in [0.15, 0.2) is 5.82 Å². The lowest BCUT2D eigenvalue weighted by Crippen LogP contribution is -2.32. The minimum atomic E-state index is 0.461. The van der Waals surface area contributed by atoms with Gasteiger partial charge >= 0.3 is 0 Å². The van der Waals surface area contributed by atoms with Gasteiger partial charge in [0.25, 0.3) is 0 Å². The Morgan fingerprint density at radius 3 is 2.65 bits per heavy atom. The van der Waals surface area contributed by atoms with Gasteiger partial charge in [0.2, 0.25) is 5.95 Å². The molecule has 1 unspecified atom stereocenters. The van der Waals surface area contributed by atoms with Gasteiger partial charge in [-0.2, -0.15) is 10.1 Å². The predicted molar refractivity (Wildman–Crippen MR) is 145 cm³/mol. The number of nitrogens with one attached hydrogen (secondary N) is 3. The van der Waals surface area contributed by atoms with Gasteiger partial charge < -0.3 is 10.3 Å². The molecular weight excluding hydrogens is 462 g/mol. The maximum Gasteiger partial charge on any atom is 0.225 e. The van der Waals surface area contributed by atoms with Crippen molar-refractivity contribution >= 4 is 22.5 Å². The van der Waals surface area contributed by atoms with Crippen molar-refractivity contribution in [2.45, 2.75) is 45.1 Å². The fourth-order valence-electron chi connectivity index (χ4n) is 5.56. The molecule has 2 aromatic carbocycles. The molecule has 1 atom stereocenters. The van der Waals surface area contributed by atoms with E-state index in [0.717, 1.165) is 53.7 Å². The molecule has 7 rings (SSSR count). The monoisotopic (exact) mass is 493 g/mol. The number of benzene rings is 2. The third-order valence-electron chi connectivity index (χ3n) is 7.73. The molecule has 1 aliphatic carbocycles. The quantitative estimate of drug-likeness (QED) is 0.296. The number of anilines is 2. The largest absolute Gasteiger partial charge is 0.341 e. The molecule has 1 fully saturated rings. The number of hydrogen-bond donors (Lipinski definition) is 3. The van der Waals surface area contributed by atoms with Crippen molar-refractivity contribution < 1.29 is 0 Å². The van der Waals surface area contributed by atoms with E-state index in [1.165, 1.54) is 35.2 Å². The van der Waals surface area contributed by atoms with Gasteiger partial charge in [-0.3, -0.25) is 10.00 Å². The van der Waals surface area contributed by atoms with Crippen LogP contribution in [-0.4, -0.2) is 52.9 Å². The number of hydrogen-bond acceptors (Lipinski definition) is 6. The highest BCUT2D eigenvalue weighted by molar-refractivity contribution is 5.89. The summed E-state index contributed by atoms with van der Waals surface area (Å²) in [6.07, 6.45) is 4.35. The number of aryl methyl sites for hydroxylation is 1. The Kier molecular flexibility index (Phi) is 5.14. The summed E-state index contributed by atoms with van der Waals surface area (Å²) in [4.78, 5) is 15.8. The summed E-state index contributed by atoms with van der Waals surface area (Å²) in [5.41, 5.74) is 7.95. The number of rotatable bonds is 6. The second-order valence-electron chi connectivity index (χ2n) is 10.4. The minimum Gasteiger partial charge on any atom is -0.341 e. The zero-order valence-corrected chi connectivity index (χ0v) is 21.4. The number of nitrogens with zero attached hydrogens (tertiary/aromatic N) is 6. The lowest BCUT2D eigenvalue weighted by atomic mass is 10.0. The molecule has 0 bridgehead atoms. The lowest BCUT2D eigenvalue weighted by Gasteiger charge is -2.28. The molecule has 0 amide bonds. The van der Waals surface area contributed by atoms with Crippen LogP contribution in [0.3, 0.4) is 0 Å². The first-order valence-electron chi connectivity index (χ1n) is 13.1. The Morgan fingerprint density at radius 2 is 1.86 bits per heavy atom. The summed E-state index contributed by atoms with van der Waals surface area (Å²) in [6.45, 7) is 7.51. The second-order valence-corrected chi connectivity index (χ2v) is 10.4. The predicted octanol–water partition coefficient (Wildman–Crippen LogP) is 5.31. The van der Waals surface area contributed by atoms with Crippen molar-refractivity contribution in [3.05, 3.63) is 59.5 Å². The Balaban J connectivity index is 1.15. The zero-order chi connectivity index (χ0) is 25.1. The first-order valence-corrected chi connectivity index (χ1v) is 13.1. The van der Waals surface area contributed by atoms with Crippen LogP contribution in [0.1, 0.15) is 55.5 Å². The molecule has 37 heavy (non-hydrogen) atoms. The van der Waals surface area contributed by atoms with Crippen LogP contribution in [0.2, 0.25) is 0 Å². The van der Waals surface area contributed by atoms with Crippen LogP contribution in [0.5, 0.6) is 0 Å². The molecule has 2 aliphatic rings. The molecular formula is C28H31N9. The van der Waals surface area contributed by atoms with Crippen LogP contribution >= 0.6 is 0 Å². The Bertz CT molecular complexity index is 1590. The van der Waals surface area contributed by atoms with Gasteiger partial charge in [0, 0.05) is 53.9 Å². The molecule has 188 valence electrons. The van der Waals surface area contributed by atoms with Crippen LogP contribution in [0.15, 0.2) is 42.6 Å². The van der Waals surface area contributed by atoms with E-state index in [1.54, 1.807) is 4.68 Å². The lowest BCUT2D eigenvalue weighted by molar-refractivity contribution is 0.243. The van der Waals surface area contributed by atoms with Crippen molar-refractivity contribution in [3.63, 3.8) is 0 Å². The van der Waals surface area contributed by atoms with E-state index in [4.69, 9.17) is 15.1 Å². The van der Waals surface area contributed by atoms with Gasteiger partial charge in [-0.1, -0.05) is 38.1 Å². The molecule has 0 radical (unpaired) electrons. The van der Waals surface area contributed by atoms with E-state index in [9.17, 15) is 0 Å². The molecule has 0 saturated heterocycles. The van der Waals surface area contributed by atoms with Crippen molar-refractivity contribution in [3.8, 4) is 22.8 Å². The van der Waals surface area contributed by atoms with E-state index in [-0.39, 0.29) is 0 Å². The van der Waals surface area contributed by atoms with Crippen molar-refractivity contribution in [2.75, 3.05) is 18.4 Å². The van der Waals surface area contributed by atoms with Crippen molar-refractivity contribution in [1.82, 2.24) is 39.8 Å². The molecule has 9 heteroatoms. The number of aromatic nitrogens is 7. The summed E-state index contributed by atoms with van der Waals surface area (Å²) in [5.74, 6) is 3.38. The normalized spacial score (nSPS) is 17.9. The van der Waals surface area contributed by atoms with Gasteiger partial charge in [0.05, 0.1) is 17.4 Å². The molecule has 1 aliphatic heterocycles. The molecule has 3 N–H and O–H groups in total. The van der Waals surface area contributed by atoms with Crippen LogP contribution < -0.4 is 5.32 Å². The summed E-state index contributed by atoms with van der Waals surface area (Å²) < 4.78 is 1.81. The first kappa shape index (κ1) is 22.2. The van der Waals surface area contributed by atoms with Gasteiger partial charge in [0.1, 0.15) is 5.82 Å². The van der Waals surface area contributed by atoms with Crippen LogP contribution in [0.25, 0.3) is 33.7 Å². The van der Waals surface area contributed by atoms with Crippen molar-refractivity contribution in [2.24, 2.45) is 7.05 Å². The fraction of sp³-hybridized carbons (Fsp3) is 0.357. The van der Waals surface area contributed by atoms with Crippen LogP contribution in [0.4, 0.5) is 11.6 Å². The summed E-state index contributed by atoms with van der Waals surface area (Å²) in [5, 5.41) is 16.8. The Morgan fingerprint density at radius 1 is 1.05 bits per heavy atom. The van der Waals surface area contributed by atoms with Gasteiger partial charge in [-0.05, 0) is 43.0 Å². The molecule has 4 heterocycles. The Labute approximate surface area is 215 Å². The SMILES string of the molecule is CCN1Cc2nc(-c3ccc(-c4nc(Nc5ccc6[nH]ncc6c5C5CC5)n(C)n4)cc3)[nH]c2C(C)C1. The van der Waals surface area contributed by atoms with Crippen LogP contribution in [-0.2, 0) is 13.6 Å². The standard InChI is InChI=1S/C28H31N9/c1-4-37-14-16(2)25-23(15-37)30-26(32-25)18-7-9-19(10-8-18)27-33-28(36(3)35-27)31-22-12-11-21-20(13-29-34-21)24(22)17-5-6-17/h7-13,16-17H,4-6,14-15H2,1-3H3,(H,29,34)(H,30,32)(H,31,33,35). The highest BCUT2D eigenvalue weighted by Crippen LogP contribution is 2.47. The number of imidazole rings is 1. The fourth-order valence-corrected chi connectivity index (χ4v) is 5.56. The van der Waals surface area contributed by atoms with E-state index < -0.39 is 0 Å². The number of H-pyrrole nitrogens is 2. The Hall–Kier alpha value is -3.98. The highest BCUT2D eigenvalue weighted by Gasteiger charge is 2.29. The van der Waals surface area contributed by atoms with Crippen LogP contribution in [0, 0.1) is 0 Å². The van der Waals surface area contributed by atoms with E-state index in [1.807, 2.05) is 13.2 Å². The average molecular weight is 494 g/mol. The average Bonchev–Trinajstić information content (AvgIpc) is 3.29. The second kappa shape index (κ2) is 8.55. The number of likely N-dealkylation sites (N-methyl/N-ethyl adjacent to an activating group) is 1. The maximum atomic E-state index is 4.93. The molecule has 5 aromatic rings. The van der Waals surface area contributed by atoms with E-state index >= 15 is 0 Å². The molecule has 0 spiro atoms. The van der Waals surface area contributed by atoms with E-state index in [2.05, 4.69) is 75.6 Å². The first-order chi connectivity index (χ1) is 18.1. The third-order valence-corrected chi connectivity index (χ3v) is 7.73. The van der Waals surface area contributed by atoms with Gasteiger partial charge in [-0.15, -0.1) is 5.10 Å². The summed E-state index contributed by atoms with van der Waals surface area (Å²) in [7, 11) is 1.93. The summed E-state index contributed by atoms with van der Waals surface area (Å²) >= 11 is 0. The summed E-state index contributed by atoms with van der Waals surface area (Å²) in [6, 6.07) is 12.5. The zero-order valence-electron chi connectivity index (χ0n) is 21.4. The molecule has 9 nitrogen and oxygen atoms in total. The highest BCUT2D eigenvalue weighted by atomic mass is 15.4. The van der Waals surface area contributed by atoms with Gasteiger partial charge in [-0.25, -0.2) is 9.67 Å². The van der Waals surface area contributed by atoms with E-state index in [0.29, 0.717) is 17.7 Å². The molecule has 1 saturated carbocycles. The molecule has 3 aromatic heterocycles.